The molecular formula is C72H125NO10. The first kappa shape index (κ1) is 77.6. The first-order valence-corrected chi connectivity index (χ1v) is 34.0. The van der Waals surface area contributed by atoms with Gasteiger partial charge in [0.05, 0.1) is 25.4 Å². The number of hydrogen-bond acceptors (Lipinski definition) is 10. The fraction of sp³-hybridized carbons (Fsp3) is 0.750. The first-order chi connectivity index (χ1) is 40.7. The molecule has 0 saturated carbocycles. The van der Waals surface area contributed by atoms with Gasteiger partial charge in [0, 0.05) is 6.42 Å². The van der Waals surface area contributed by atoms with Crippen LogP contribution >= 0.6 is 0 Å². The van der Waals surface area contributed by atoms with Gasteiger partial charge < -0.3 is 45.1 Å². The third-order valence-electron chi connectivity index (χ3n) is 15.5. The van der Waals surface area contributed by atoms with Crippen LogP contribution in [0, 0.1) is 0 Å². The topological polar surface area (TPSA) is 175 Å². The van der Waals surface area contributed by atoms with Crippen molar-refractivity contribution >= 4 is 11.9 Å². The van der Waals surface area contributed by atoms with E-state index in [0.717, 1.165) is 128 Å². The third-order valence-corrected chi connectivity index (χ3v) is 15.5. The van der Waals surface area contributed by atoms with Gasteiger partial charge in [-0.2, -0.15) is 0 Å². The average Bonchev–Trinajstić information content (AvgIpc) is 3.68. The Morgan fingerprint density at radius 2 is 0.867 bits per heavy atom. The van der Waals surface area contributed by atoms with E-state index in [-0.39, 0.29) is 19.4 Å². The second kappa shape index (κ2) is 58.9. The van der Waals surface area contributed by atoms with Crippen LogP contribution < -0.4 is 5.32 Å². The lowest BCUT2D eigenvalue weighted by atomic mass is 9.99. The molecule has 1 fully saturated rings. The smallest absolute Gasteiger partial charge is 0.306 e. The van der Waals surface area contributed by atoms with E-state index in [1.54, 1.807) is 6.08 Å². The number of carbonyl (C=O) groups is 2. The molecule has 83 heavy (non-hydrogen) atoms. The molecule has 1 saturated heterocycles. The second-order valence-electron chi connectivity index (χ2n) is 23.2. The molecule has 6 N–H and O–H groups in total. The molecule has 1 amide bonds. The summed E-state index contributed by atoms with van der Waals surface area (Å²) in [5.41, 5.74) is 0. The zero-order chi connectivity index (χ0) is 60.3. The second-order valence-corrected chi connectivity index (χ2v) is 23.2. The van der Waals surface area contributed by atoms with Gasteiger partial charge in [0.15, 0.2) is 12.4 Å². The molecular weight excluding hydrogens is 1040 g/mol. The molecule has 0 radical (unpaired) electrons. The van der Waals surface area contributed by atoms with Crippen LogP contribution in [-0.2, 0) is 23.8 Å². The highest BCUT2D eigenvalue weighted by atomic mass is 16.7. The Balaban J connectivity index is 2.60. The maximum Gasteiger partial charge on any atom is 0.306 e. The number of nitrogens with one attached hydrogen (secondary N) is 1. The molecule has 8 unspecified atom stereocenters. The summed E-state index contributed by atoms with van der Waals surface area (Å²) in [6, 6.07) is -1.03. The SMILES string of the molecule is CC/C=C\C/C=C\C/C=C\C/C=C\C/C=C\CCCCCCCCCC(=O)OC1C(OCC(NC(=O)C(O)CCCCCCCCCCCC/C=C\C/C=C\CCCCC)C(O)/C=C/CCCCCCCCCCC)OC(CO)C(O)C1O. The van der Waals surface area contributed by atoms with Crippen LogP contribution in [0.25, 0.3) is 0 Å². The summed E-state index contributed by atoms with van der Waals surface area (Å²) in [5.74, 6) is -1.21. The van der Waals surface area contributed by atoms with Crippen molar-refractivity contribution in [3.8, 4) is 0 Å². The fourth-order valence-electron chi connectivity index (χ4n) is 10.1. The predicted octanol–water partition coefficient (Wildman–Crippen LogP) is 17.1. The van der Waals surface area contributed by atoms with Crippen LogP contribution in [0.3, 0.4) is 0 Å². The zero-order valence-electron chi connectivity index (χ0n) is 53.0. The Bertz CT molecular complexity index is 1720. The van der Waals surface area contributed by atoms with Crippen molar-refractivity contribution in [1.29, 1.82) is 0 Å². The number of carbonyl (C=O) groups excluding carboxylic acids is 2. The molecule has 11 heteroatoms. The Morgan fingerprint density at radius 3 is 1.33 bits per heavy atom. The van der Waals surface area contributed by atoms with Crippen molar-refractivity contribution in [1.82, 2.24) is 5.32 Å². The number of aliphatic hydroxyl groups excluding tert-OH is 5. The molecule has 0 spiro atoms. The van der Waals surface area contributed by atoms with E-state index in [0.29, 0.717) is 12.8 Å². The summed E-state index contributed by atoms with van der Waals surface area (Å²) in [6.45, 7) is 5.65. The maximum atomic E-state index is 13.5. The Morgan fingerprint density at radius 1 is 0.482 bits per heavy atom. The number of allylic oxidation sites excluding steroid dienone is 15. The quantitative estimate of drug-likeness (QED) is 0.0195. The van der Waals surface area contributed by atoms with Gasteiger partial charge in [-0.05, 0) is 103 Å². The summed E-state index contributed by atoms with van der Waals surface area (Å²) in [6.07, 6.45) is 68.7. The van der Waals surface area contributed by atoms with Crippen LogP contribution in [0.5, 0.6) is 0 Å². The number of rotatable bonds is 57. The van der Waals surface area contributed by atoms with Crippen molar-refractivity contribution in [3.63, 3.8) is 0 Å². The minimum Gasteiger partial charge on any atom is -0.454 e. The van der Waals surface area contributed by atoms with Crippen LogP contribution in [0.4, 0.5) is 0 Å². The van der Waals surface area contributed by atoms with Gasteiger partial charge in [0.2, 0.25) is 5.91 Å². The van der Waals surface area contributed by atoms with Crippen LogP contribution in [0.1, 0.15) is 284 Å². The number of amides is 1. The lowest BCUT2D eigenvalue weighted by Crippen LogP contribution is -2.61. The summed E-state index contributed by atoms with van der Waals surface area (Å²) in [4.78, 5) is 26.6. The summed E-state index contributed by atoms with van der Waals surface area (Å²) in [7, 11) is 0. The predicted molar refractivity (Wildman–Crippen MR) is 347 cm³/mol. The number of hydrogen-bond donors (Lipinski definition) is 6. The van der Waals surface area contributed by atoms with Crippen molar-refractivity contribution in [2.24, 2.45) is 0 Å². The van der Waals surface area contributed by atoms with Crippen molar-refractivity contribution in [2.45, 2.75) is 333 Å². The molecule has 1 aliphatic heterocycles. The van der Waals surface area contributed by atoms with E-state index in [4.69, 9.17) is 14.2 Å². The third kappa shape index (κ3) is 46.5. The van der Waals surface area contributed by atoms with Gasteiger partial charge in [-0.1, -0.05) is 272 Å². The molecule has 1 heterocycles. The van der Waals surface area contributed by atoms with Crippen molar-refractivity contribution < 1.29 is 49.3 Å². The highest BCUT2D eigenvalue weighted by molar-refractivity contribution is 5.80. The molecule has 0 aromatic heterocycles. The number of aliphatic hydroxyl groups is 5. The Hall–Kier alpha value is -3.42. The van der Waals surface area contributed by atoms with E-state index in [1.807, 2.05) is 6.08 Å². The number of esters is 1. The highest BCUT2D eigenvalue weighted by Gasteiger charge is 2.47. The van der Waals surface area contributed by atoms with Crippen LogP contribution in [0.15, 0.2) is 97.2 Å². The van der Waals surface area contributed by atoms with Crippen LogP contribution in [-0.4, -0.2) is 99.6 Å². The lowest BCUT2D eigenvalue weighted by molar-refractivity contribution is -0.305. The van der Waals surface area contributed by atoms with Gasteiger partial charge in [0.25, 0.3) is 0 Å². The normalized spacial score (nSPS) is 19.2. The highest BCUT2D eigenvalue weighted by Crippen LogP contribution is 2.26. The van der Waals surface area contributed by atoms with E-state index >= 15 is 0 Å². The fourth-order valence-corrected chi connectivity index (χ4v) is 10.1. The average molecular weight is 1160 g/mol. The molecule has 11 nitrogen and oxygen atoms in total. The molecule has 0 aliphatic carbocycles. The molecule has 0 aromatic rings. The van der Waals surface area contributed by atoms with Gasteiger partial charge in [-0.15, -0.1) is 0 Å². The Labute approximate surface area is 507 Å². The minimum atomic E-state index is -1.62. The van der Waals surface area contributed by atoms with Gasteiger partial charge in [-0.3, -0.25) is 9.59 Å². The largest absolute Gasteiger partial charge is 0.454 e. The lowest BCUT2D eigenvalue weighted by Gasteiger charge is -2.41. The van der Waals surface area contributed by atoms with E-state index < -0.39 is 67.4 Å². The standard InChI is InChI=1S/C72H125NO10/c1-4-7-10-13-16-19-22-24-26-28-30-32-33-34-36-38-40-42-45-48-51-54-57-60-67(77)83-70-69(79)68(78)66(61-74)82-72(70)81-62-63(64(75)58-55-52-49-46-43-21-18-15-12-9-6-3)73-71(80)65(76)59-56-53-50-47-44-41-39-37-35-31-29-27-25-23-20-17-14-11-8-5-2/h7,10,16-17,19-20,24-27,30,32,34,36,55,58,63-66,68-70,72,74-76,78-79H,4-6,8-9,11-15,18,21-23,28-29,31,33,35,37-54,56-57,59-62H2,1-3H3,(H,73,80)/b10-7-,19-16-,20-17-,26-24-,27-25-,32-30-,36-34-,58-55+. The van der Waals surface area contributed by atoms with E-state index in [2.05, 4.69) is 111 Å². The number of unbranched alkanes of at least 4 members (excludes halogenated alkanes) is 29. The van der Waals surface area contributed by atoms with Crippen molar-refractivity contribution in [2.75, 3.05) is 13.2 Å². The molecule has 0 bridgehead atoms. The first-order valence-electron chi connectivity index (χ1n) is 34.0. The van der Waals surface area contributed by atoms with Gasteiger partial charge in [-0.25, -0.2) is 0 Å². The summed E-state index contributed by atoms with van der Waals surface area (Å²) < 4.78 is 17.7. The molecule has 1 aliphatic rings. The monoisotopic (exact) mass is 1160 g/mol. The molecule has 8 atom stereocenters. The number of ether oxygens (including phenoxy) is 3. The zero-order valence-corrected chi connectivity index (χ0v) is 53.0. The summed E-state index contributed by atoms with van der Waals surface area (Å²) in [5, 5.41) is 57.1. The van der Waals surface area contributed by atoms with E-state index in [9.17, 15) is 35.1 Å². The van der Waals surface area contributed by atoms with Crippen LogP contribution in [0.2, 0.25) is 0 Å². The van der Waals surface area contributed by atoms with Crippen molar-refractivity contribution in [3.05, 3.63) is 97.2 Å². The Kier molecular flexibility index (Phi) is 55.1. The molecule has 1 rings (SSSR count). The molecule has 478 valence electrons. The van der Waals surface area contributed by atoms with E-state index in [1.165, 1.54) is 109 Å². The maximum absolute atomic E-state index is 13.5. The van der Waals surface area contributed by atoms with Gasteiger partial charge in [0.1, 0.15) is 24.4 Å². The molecule has 0 aromatic carbocycles. The summed E-state index contributed by atoms with van der Waals surface area (Å²) >= 11 is 0. The van der Waals surface area contributed by atoms with Gasteiger partial charge >= 0.3 is 5.97 Å². The minimum absolute atomic E-state index is 0.106.